The zero-order valence-electron chi connectivity index (χ0n) is 13.9. The normalized spacial score (nSPS) is 12.3. The van der Waals surface area contributed by atoms with Gasteiger partial charge in [0.2, 0.25) is 0 Å². The molecule has 0 spiro atoms. The minimum atomic E-state index is -0.432. The Bertz CT molecular complexity index is 963. The number of benzene rings is 1. The highest BCUT2D eigenvalue weighted by Gasteiger charge is 2.16. The standard InChI is InChI=1S/C18H17BrN2O3S/c1-3-11(2)24-15(22)8-21-10-20-17-16(18(21)23)14(9-25-17)12-4-6-13(19)7-5-12/h4-7,9-11H,3,8H2,1-2H3/t11-/m1/s1. The van der Waals surface area contributed by atoms with Crippen molar-refractivity contribution in [2.45, 2.75) is 32.9 Å². The summed E-state index contributed by atoms with van der Waals surface area (Å²) in [7, 11) is 0. The van der Waals surface area contributed by atoms with Gasteiger partial charge in [-0.15, -0.1) is 11.3 Å². The first-order valence-corrected chi connectivity index (χ1v) is 9.59. The van der Waals surface area contributed by atoms with Crippen molar-refractivity contribution in [2.24, 2.45) is 0 Å². The number of esters is 1. The summed E-state index contributed by atoms with van der Waals surface area (Å²) in [5, 5.41) is 2.45. The summed E-state index contributed by atoms with van der Waals surface area (Å²) in [4.78, 5) is 29.8. The largest absolute Gasteiger partial charge is 0.461 e. The van der Waals surface area contributed by atoms with E-state index in [1.807, 2.05) is 43.5 Å². The van der Waals surface area contributed by atoms with E-state index in [-0.39, 0.29) is 18.2 Å². The SMILES string of the molecule is CC[C@@H](C)OC(=O)Cn1cnc2scc(-c3ccc(Br)cc3)c2c1=O. The number of hydrogen-bond donors (Lipinski definition) is 0. The van der Waals surface area contributed by atoms with Gasteiger partial charge in [-0.25, -0.2) is 4.98 Å². The second-order valence-corrected chi connectivity index (χ2v) is 7.50. The predicted molar refractivity (Wildman–Crippen MR) is 103 cm³/mol. The van der Waals surface area contributed by atoms with E-state index < -0.39 is 5.97 Å². The van der Waals surface area contributed by atoms with Gasteiger partial charge in [0.1, 0.15) is 11.4 Å². The van der Waals surface area contributed by atoms with E-state index >= 15 is 0 Å². The van der Waals surface area contributed by atoms with Crippen LogP contribution in [0, 0.1) is 0 Å². The van der Waals surface area contributed by atoms with Gasteiger partial charge < -0.3 is 4.74 Å². The van der Waals surface area contributed by atoms with Crippen molar-refractivity contribution >= 4 is 43.5 Å². The van der Waals surface area contributed by atoms with Crippen molar-refractivity contribution in [3.8, 4) is 11.1 Å². The number of carbonyl (C=O) groups is 1. The fourth-order valence-electron chi connectivity index (χ4n) is 2.41. The molecule has 0 bridgehead atoms. The lowest BCUT2D eigenvalue weighted by atomic mass is 10.1. The molecule has 0 amide bonds. The van der Waals surface area contributed by atoms with E-state index in [0.29, 0.717) is 10.2 Å². The summed E-state index contributed by atoms with van der Waals surface area (Å²) in [5.74, 6) is -0.432. The van der Waals surface area contributed by atoms with Crippen molar-refractivity contribution < 1.29 is 9.53 Å². The van der Waals surface area contributed by atoms with E-state index in [4.69, 9.17) is 4.74 Å². The fraction of sp³-hybridized carbons (Fsp3) is 0.278. The number of nitrogens with zero attached hydrogens (tertiary/aromatic N) is 2. The fourth-order valence-corrected chi connectivity index (χ4v) is 3.58. The average Bonchev–Trinajstić information content (AvgIpc) is 3.02. The molecule has 0 aliphatic rings. The molecule has 7 heteroatoms. The third-order valence-corrected chi connectivity index (χ3v) is 5.34. The highest BCUT2D eigenvalue weighted by atomic mass is 79.9. The minimum absolute atomic E-state index is 0.137. The van der Waals surface area contributed by atoms with Crippen LogP contribution >= 0.6 is 27.3 Å². The van der Waals surface area contributed by atoms with Crippen LogP contribution in [0.15, 0.2) is 45.2 Å². The molecule has 0 fully saturated rings. The van der Waals surface area contributed by atoms with Crippen LogP contribution < -0.4 is 5.56 Å². The Hall–Kier alpha value is -1.99. The Balaban J connectivity index is 1.99. The second-order valence-electron chi connectivity index (χ2n) is 5.72. The first-order valence-electron chi connectivity index (χ1n) is 7.91. The molecule has 1 aromatic carbocycles. The first kappa shape index (κ1) is 17.8. The Morgan fingerprint density at radius 3 is 2.76 bits per heavy atom. The van der Waals surface area contributed by atoms with Crippen molar-refractivity contribution in [3.63, 3.8) is 0 Å². The Labute approximate surface area is 157 Å². The minimum Gasteiger partial charge on any atom is -0.461 e. The molecule has 2 heterocycles. The van der Waals surface area contributed by atoms with Crippen LogP contribution in [0.25, 0.3) is 21.3 Å². The molecule has 0 aliphatic heterocycles. The van der Waals surface area contributed by atoms with Gasteiger partial charge in [-0.05, 0) is 31.0 Å². The van der Waals surface area contributed by atoms with Crippen LogP contribution in [0.4, 0.5) is 0 Å². The summed E-state index contributed by atoms with van der Waals surface area (Å²) in [5.41, 5.74) is 1.54. The molecule has 0 saturated carbocycles. The Morgan fingerprint density at radius 1 is 1.36 bits per heavy atom. The summed E-state index contributed by atoms with van der Waals surface area (Å²) in [6.07, 6.45) is 1.97. The van der Waals surface area contributed by atoms with Crippen LogP contribution in [0.3, 0.4) is 0 Å². The molecule has 0 unspecified atom stereocenters. The lowest BCUT2D eigenvalue weighted by Crippen LogP contribution is -2.27. The van der Waals surface area contributed by atoms with Crippen molar-refractivity contribution in [2.75, 3.05) is 0 Å². The molecular formula is C18H17BrN2O3S. The second kappa shape index (κ2) is 7.49. The van der Waals surface area contributed by atoms with E-state index in [2.05, 4.69) is 20.9 Å². The highest BCUT2D eigenvalue weighted by Crippen LogP contribution is 2.31. The number of rotatable bonds is 5. The molecule has 1 atom stereocenters. The van der Waals surface area contributed by atoms with Crippen LogP contribution in [-0.2, 0) is 16.1 Å². The topological polar surface area (TPSA) is 61.2 Å². The van der Waals surface area contributed by atoms with E-state index in [1.165, 1.54) is 22.2 Å². The zero-order chi connectivity index (χ0) is 18.0. The molecule has 0 N–H and O–H groups in total. The van der Waals surface area contributed by atoms with Gasteiger partial charge in [0.25, 0.3) is 5.56 Å². The maximum atomic E-state index is 12.9. The summed E-state index contributed by atoms with van der Waals surface area (Å²) < 4.78 is 7.53. The van der Waals surface area contributed by atoms with Crippen molar-refractivity contribution in [1.29, 1.82) is 0 Å². The third-order valence-electron chi connectivity index (χ3n) is 3.92. The van der Waals surface area contributed by atoms with Gasteiger partial charge in [-0.3, -0.25) is 14.2 Å². The molecule has 5 nitrogen and oxygen atoms in total. The lowest BCUT2D eigenvalue weighted by molar-refractivity contribution is -0.149. The van der Waals surface area contributed by atoms with Crippen LogP contribution in [0.1, 0.15) is 20.3 Å². The number of ether oxygens (including phenoxy) is 1. The number of thiophene rings is 1. The number of fused-ring (bicyclic) bond motifs is 1. The molecule has 0 radical (unpaired) electrons. The van der Waals surface area contributed by atoms with E-state index in [0.717, 1.165) is 22.0 Å². The van der Waals surface area contributed by atoms with Crippen molar-refractivity contribution in [1.82, 2.24) is 9.55 Å². The Morgan fingerprint density at radius 2 is 2.08 bits per heavy atom. The van der Waals surface area contributed by atoms with Crippen molar-refractivity contribution in [3.05, 3.63) is 50.8 Å². The monoisotopic (exact) mass is 420 g/mol. The maximum absolute atomic E-state index is 12.9. The third kappa shape index (κ3) is 3.82. The molecule has 3 rings (SSSR count). The van der Waals surface area contributed by atoms with Gasteiger partial charge in [0.15, 0.2) is 0 Å². The van der Waals surface area contributed by atoms with E-state index in [1.54, 1.807) is 0 Å². The number of aromatic nitrogens is 2. The predicted octanol–water partition coefficient (Wildman–Crippen LogP) is 4.23. The van der Waals surface area contributed by atoms with Gasteiger partial charge in [-0.2, -0.15) is 0 Å². The summed E-state index contributed by atoms with van der Waals surface area (Å²) in [6.45, 7) is 3.63. The maximum Gasteiger partial charge on any atom is 0.326 e. The molecule has 0 saturated heterocycles. The number of hydrogen-bond acceptors (Lipinski definition) is 5. The quantitative estimate of drug-likeness (QED) is 0.579. The van der Waals surface area contributed by atoms with Gasteiger partial charge in [0, 0.05) is 15.4 Å². The van der Waals surface area contributed by atoms with Gasteiger partial charge >= 0.3 is 5.97 Å². The molecule has 2 aromatic heterocycles. The number of halogens is 1. The molecule has 0 aliphatic carbocycles. The van der Waals surface area contributed by atoms with Crippen LogP contribution in [0.2, 0.25) is 0 Å². The smallest absolute Gasteiger partial charge is 0.326 e. The number of carbonyl (C=O) groups excluding carboxylic acids is 1. The average molecular weight is 421 g/mol. The van der Waals surface area contributed by atoms with Gasteiger partial charge in [-0.1, -0.05) is 35.0 Å². The van der Waals surface area contributed by atoms with Gasteiger partial charge in [0.05, 0.1) is 17.8 Å². The molecule has 3 aromatic rings. The van der Waals surface area contributed by atoms with E-state index in [9.17, 15) is 9.59 Å². The van der Waals surface area contributed by atoms with Crippen LogP contribution in [-0.4, -0.2) is 21.6 Å². The Kier molecular flexibility index (Phi) is 5.34. The molecule has 130 valence electrons. The first-order chi connectivity index (χ1) is 12.0. The lowest BCUT2D eigenvalue weighted by Gasteiger charge is -2.11. The van der Waals surface area contributed by atoms with Crippen LogP contribution in [0.5, 0.6) is 0 Å². The summed E-state index contributed by atoms with van der Waals surface area (Å²) >= 11 is 4.83. The molecular weight excluding hydrogens is 404 g/mol. The highest BCUT2D eigenvalue weighted by molar-refractivity contribution is 9.10. The molecule has 25 heavy (non-hydrogen) atoms. The summed E-state index contributed by atoms with van der Waals surface area (Å²) in [6, 6.07) is 7.74. The zero-order valence-corrected chi connectivity index (χ0v) is 16.3.